The number of rotatable bonds is 6. The fourth-order valence-corrected chi connectivity index (χ4v) is 3.85. The first kappa shape index (κ1) is 14.2. The van der Waals surface area contributed by atoms with Gasteiger partial charge in [0.25, 0.3) is 0 Å². The lowest BCUT2D eigenvalue weighted by molar-refractivity contribution is 0.107. The second-order valence-corrected chi connectivity index (χ2v) is 7.46. The van der Waals surface area contributed by atoms with Gasteiger partial charge in [0, 0.05) is 38.8 Å². The molecule has 0 aromatic rings. The molecular weight excluding hydrogens is 250 g/mol. The Morgan fingerprint density at radius 3 is 2.33 bits per heavy atom. The number of hydrogen-bond acceptors (Lipinski definition) is 4. The van der Waals surface area contributed by atoms with E-state index in [9.17, 15) is 8.42 Å². The van der Waals surface area contributed by atoms with Crippen LogP contribution in [0.1, 0.15) is 26.7 Å². The van der Waals surface area contributed by atoms with Gasteiger partial charge >= 0.3 is 0 Å². The molecule has 5 nitrogen and oxygen atoms in total. The number of nitrogens with zero attached hydrogens (tertiary/aromatic N) is 2. The summed E-state index contributed by atoms with van der Waals surface area (Å²) in [6, 6.07) is 0.289. The largest absolute Gasteiger partial charge is 0.301 e. The van der Waals surface area contributed by atoms with Gasteiger partial charge in [0.1, 0.15) is 0 Å². The first-order valence-corrected chi connectivity index (χ1v) is 8.52. The van der Waals surface area contributed by atoms with E-state index in [2.05, 4.69) is 28.4 Å². The van der Waals surface area contributed by atoms with Crippen molar-refractivity contribution in [2.75, 3.05) is 39.3 Å². The minimum Gasteiger partial charge on any atom is -0.301 e. The third-order valence-corrected chi connectivity index (χ3v) is 5.94. The van der Waals surface area contributed by atoms with Crippen molar-refractivity contribution in [2.24, 2.45) is 0 Å². The van der Waals surface area contributed by atoms with Crippen LogP contribution in [0.2, 0.25) is 0 Å². The zero-order valence-electron chi connectivity index (χ0n) is 11.4. The second kappa shape index (κ2) is 5.86. The summed E-state index contributed by atoms with van der Waals surface area (Å²) >= 11 is 0. The Bertz CT molecular complexity index is 360. The zero-order valence-corrected chi connectivity index (χ0v) is 12.2. The summed E-state index contributed by atoms with van der Waals surface area (Å²) in [6.45, 7) is 10.2. The first-order chi connectivity index (χ1) is 8.53. The van der Waals surface area contributed by atoms with Crippen molar-refractivity contribution in [2.45, 2.75) is 38.0 Å². The number of nitrogens with one attached hydrogen (secondary N) is 1. The molecule has 0 amide bonds. The Hall–Kier alpha value is -0.170. The predicted molar refractivity (Wildman–Crippen MR) is 73.1 cm³/mol. The van der Waals surface area contributed by atoms with Crippen molar-refractivity contribution in [1.82, 2.24) is 14.5 Å². The van der Waals surface area contributed by atoms with Crippen molar-refractivity contribution in [3.63, 3.8) is 0 Å². The van der Waals surface area contributed by atoms with Crippen LogP contribution in [-0.4, -0.2) is 68.8 Å². The Balaban J connectivity index is 1.73. The molecule has 0 spiro atoms. The summed E-state index contributed by atoms with van der Waals surface area (Å²) in [5, 5.41) is -0.110. The summed E-state index contributed by atoms with van der Waals surface area (Å²) < 4.78 is 26.2. The lowest BCUT2D eigenvalue weighted by atomic mass is 10.2. The molecule has 0 aromatic carbocycles. The van der Waals surface area contributed by atoms with Crippen LogP contribution in [0, 0.1) is 0 Å². The van der Waals surface area contributed by atoms with Gasteiger partial charge in [-0.2, -0.15) is 0 Å². The third kappa shape index (κ3) is 3.66. The molecule has 0 aromatic heterocycles. The molecule has 2 aliphatic rings. The highest BCUT2D eigenvalue weighted by Gasteiger charge is 2.35. The van der Waals surface area contributed by atoms with Crippen LogP contribution in [0.3, 0.4) is 0 Å². The Kier molecular flexibility index (Phi) is 4.64. The van der Waals surface area contributed by atoms with Gasteiger partial charge in [-0.1, -0.05) is 6.92 Å². The minimum absolute atomic E-state index is 0.110. The van der Waals surface area contributed by atoms with Crippen LogP contribution < -0.4 is 4.72 Å². The lowest BCUT2D eigenvalue weighted by Gasteiger charge is -2.37. The average molecular weight is 275 g/mol. The highest BCUT2D eigenvalue weighted by Crippen LogP contribution is 2.27. The summed E-state index contributed by atoms with van der Waals surface area (Å²) in [5.74, 6) is 0. The van der Waals surface area contributed by atoms with Crippen molar-refractivity contribution in [1.29, 1.82) is 0 Å². The maximum atomic E-state index is 11.7. The summed E-state index contributed by atoms with van der Waals surface area (Å²) in [4.78, 5) is 4.80. The normalized spacial score (nSPS) is 25.2. The molecule has 1 N–H and O–H groups in total. The smallest absolute Gasteiger partial charge is 0.214 e. The molecule has 1 aliphatic carbocycles. The van der Waals surface area contributed by atoms with Gasteiger partial charge in [0.05, 0.1) is 5.25 Å². The van der Waals surface area contributed by atoms with Crippen LogP contribution >= 0.6 is 0 Å². The van der Waals surface area contributed by atoms with E-state index >= 15 is 0 Å². The highest BCUT2D eigenvalue weighted by molar-refractivity contribution is 7.90. The molecule has 0 unspecified atom stereocenters. The molecule has 6 heteroatoms. The van der Waals surface area contributed by atoms with E-state index in [1.807, 2.05) is 0 Å². The maximum absolute atomic E-state index is 11.7. The van der Waals surface area contributed by atoms with E-state index < -0.39 is 10.0 Å². The Morgan fingerprint density at radius 1 is 1.22 bits per heavy atom. The van der Waals surface area contributed by atoms with Crippen molar-refractivity contribution in [3.8, 4) is 0 Å². The van der Waals surface area contributed by atoms with Gasteiger partial charge in [-0.15, -0.1) is 0 Å². The molecule has 106 valence electrons. The van der Waals surface area contributed by atoms with Crippen LogP contribution in [-0.2, 0) is 10.0 Å². The molecule has 18 heavy (non-hydrogen) atoms. The van der Waals surface area contributed by atoms with Gasteiger partial charge in [0.2, 0.25) is 10.0 Å². The monoisotopic (exact) mass is 275 g/mol. The second-order valence-electron chi connectivity index (χ2n) is 5.41. The summed E-state index contributed by atoms with van der Waals surface area (Å²) in [5.41, 5.74) is 0. The lowest BCUT2D eigenvalue weighted by Crippen LogP contribution is -2.52. The SMILES string of the molecule is CCN1CCN([C@H](C)CNS(=O)(=O)C2CC2)CC1. The number of sulfonamides is 1. The van der Waals surface area contributed by atoms with Gasteiger partial charge in [-0.3, -0.25) is 4.90 Å². The standard InChI is InChI=1S/C12H25N3O2S/c1-3-14-6-8-15(9-7-14)11(2)10-13-18(16,17)12-4-5-12/h11-13H,3-10H2,1-2H3/t11-/m1/s1. The zero-order chi connectivity index (χ0) is 13.2. The third-order valence-electron chi connectivity index (χ3n) is 4.02. The quantitative estimate of drug-likeness (QED) is 0.747. The van der Waals surface area contributed by atoms with Gasteiger partial charge < -0.3 is 4.90 Å². The van der Waals surface area contributed by atoms with E-state index in [4.69, 9.17) is 0 Å². The average Bonchev–Trinajstić information content (AvgIpc) is 3.21. The van der Waals surface area contributed by atoms with Crippen LogP contribution in [0.25, 0.3) is 0 Å². The van der Waals surface area contributed by atoms with Gasteiger partial charge in [-0.05, 0) is 26.3 Å². The highest BCUT2D eigenvalue weighted by atomic mass is 32.2. The summed E-state index contributed by atoms with van der Waals surface area (Å²) in [7, 11) is -3.02. The molecule has 0 bridgehead atoms. The van der Waals surface area contributed by atoms with E-state index in [0.717, 1.165) is 45.6 Å². The van der Waals surface area contributed by atoms with Crippen molar-refractivity contribution in [3.05, 3.63) is 0 Å². The molecule has 2 rings (SSSR count). The predicted octanol–water partition coefficient (Wildman–Crippen LogP) is 0.0942. The summed E-state index contributed by atoms with van der Waals surface area (Å²) in [6.07, 6.45) is 1.66. The molecule has 1 aliphatic heterocycles. The minimum atomic E-state index is -3.02. The fourth-order valence-electron chi connectivity index (χ4n) is 2.38. The molecule has 1 saturated heterocycles. The number of hydrogen-bond donors (Lipinski definition) is 1. The van der Waals surface area contributed by atoms with Gasteiger partial charge in [0.15, 0.2) is 0 Å². The van der Waals surface area contributed by atoms with E-state index in [0.29, 0.717) is 6.54 Å². The molecule has 1 heterocycles. The molecule has 1 atom stereocenters. The van der Waals surface area contributed by atoms with Crippen molar-refractivity contribution < 1.29 is 8.42 Å². The molecular formula is C12H25N3O2S. The topological polar surface area (TPSA) is 52.6 Å². The van der Waals surface area contributed by atoms with Crippen LogP contribution in [0.15, 0.2) is 0 Å². The maximum Gasteiger partial charge on any atom is 0.214 e. The van der Waals surface area contributed by atoms with Crippen LogP contribution in [0.5, 0.6) is 0 Å². The van der Waals surface area contributed by atoms with Crippen molar-refractivity contribution >= 4 is 10.0 Å². The van der Waals surface area contributed by atoms with E-state index in [1.54, 1.807) is 0 Å². The van der Waals surface area contributed by atoms with E-state index in [1.165, 1.54) is 0 Å². The fraction of sp³-hybridized carbons (Fsp3) is 1.00. The molecule has 0 radical (unpaired) electrons. The first-order valence-electron chi connectivity index (χ1n) is 6.98. The Morgan fingerprint density at radius 2 is 1.83 bits per heavy atom. The molecule has 2 fully saturated rings. The molecule has 1 saturated carbocycles. The van der Waals surface area contributed by atoms with E-state index in [-0.39, 0.29) is 11.3 Å². The number of likely N-dealkylation sites (N-methyl/N-ethyl adjacent to an activating group) is 1. The Labute approximate surface area is 111 Å². The number of piperazine rings is 1. The van der Waals surface area contributed by atoms with Gasteiger partial charge in [-0.25, -0.2) is 13.1 Å². The van der Waals surface area contributed by atoms with Crippen LogP contribution in [0.4, 0.5) is 0 Å².